The molecular formula is C18H20FN3O5S. The molecular weight excluding hydrogens is 389 g/mol. The highest BCUT2D eigenvalue weighted by atomic mass is 32.2. The van der Waals surface area contributed by atoms with Crippen molar-refractivity contribution in [3.63, 3.8) is 0 Å². The van der Waals surface area contributed by atoms with E-state index in [2.05, 4.69) is 10.5 Å². The average Bonchev–Trinajstić information content (AvgIpc) is 2.65. The highest BCUT2D eigenvalue weighted by Gasteiger charge is 2.22. The number of likely N-dealkylation sites (N-methyl/N-ethyl adjacent to an activating group) is 1. The molecule has 0 aromatic heterocycles. The van der Waals surface area contributed by atoms with E-state index in [0.717, 1.165) is 28.6 Å². The molecule has 2 rings (SSSR count). The maximum Gasteiger partial charge on any atom is 0.255 e. The van der Waals surface area contributed by atoms with Gasteiger partial charge in [0.05, 0.1) is 24.3 Å². The van der Waals surface area contributed by atoms with Crippen molar-refractivity contribution in [3.8, 4) is 11.5 Å². The first-order valence-corrected chi connectivity index (χ1v) is 9.68. The van der Waals surface area contributed by atoms with Gasteiger partial charge in [0.2, 0.25) is 10.0 Å². The molecule has 2 aromatic carbocycles. The predicted octanol–water partition coefficient (Wildman–Crippen LogP) is 1.70. The second-order valence-electron chi connectivity index (χ2n) is 5.64. The Hall–Kier alpha value is -2.98. The fourth-order valence-corrected chi connectivity index (χ4v) is 3.33. The summed E-state index contributed by atoms with van der Waals surface area (Å²) in [5.41, 5.74) is 2.50. The number of amides is 1. The Morgan fingerprint density at radius 3 is 2.61 bits per heavy atom. The molecule has 0 spiro atoms. The maximum atomic E-state index is 12.9. The summed E-state index contributed by atoms with van der Waals surface area (Å²) in [7, 11) is -2.73. The molecule has 0 bridgehead atoms. The lowest BCUT2D eigenvalue weighted by Gasteiger charge is -2.16. The van der Waals surface area contributed by atoms with Crippen LogP contribution in [0, 0.1) is 5.82 Å². The summed E-state index contributed by atoms with van der Waals surface area (Å²) < 4.78 is 43.7. The van der Waals surface area contributed by atoms with Gasteiger partial charge in [-0.15, -0.1) is 0 Å². The molecule has 28 heavy (non-hydrogen) atoms. The number of aromatic hydroxyl groups is 1. The number of hydrazone groups is 1. The van der Waals surface area contributed by atoms with Crippen molar-refractivity contribution >= 4 is 22.1 Å². The molecule has 0 heterocycles. The molecule has 0 radical (unpaired) electrons. The molecule has 0 aliphatic heterocycles. The number of phenols is 1. The zero-order valence-electron chi connectivity index (χ0n) is 15.3. The predicted molar refractivity (Wildman–Crippen MR) is 101 cm³/mol. The third-order valence-electron chi connectivity index (χ3n) is 3.61. The molecule has 0 unspecified atom stereocenters. The van der Waals surface area contributed by atoms with Crippen LogP contribution >= 0.6 is 0 Å². The molecule has 150 valence electrons. The highest BCUT2D eigenvalue weighted by Crippen LogP contribution is 2.28. The molecule has 2 N–H and O–H groups in total. The number of carbonyl (C=O) groups excluding carboxylic acids is 1. The van der Waals surface area contributed by atoms with Gasteiger partial charge in [-0.05, 0) is 43.3 Å². The zero-order chi connectivity index (χ0) is 20.7. The Morgan fingerprint density at radius 1 is 1.29 bits per heavy atom. The normalized spacial score (nSPS) is 11.7. The van der Waals surface area contributed by atoms with Crippen LogP contribution in [0.1, 0.15) is 12.5 Å². The van der Waals surface area contributed by atoms with E-state index in [1.54, 1.807) is 25.1 Å². The minimum atomic E-state index is -3.95. The highest BCUT2D eigenvalue weighted by molar-refractivity contribution is 7.89. The van der Waals surface area contributed by atoms with Crippen LogP contribution in [0.25, 0.3) is 0 Å². The third-order valence-corrected chi connectivity index (χ3v) is 5.43. The summed E-state index contributed by atoms with van der Waals surface area (Å²) in [4.78, 5) is 11.8. The topological polar surface area (TPSA) is 108 Å². The summed E-state index contributed by atoms with van der Waals surface area (Å²) in [6, 6.07) is 9.08. The Bertz CT molecular complexity index is 962. The number of hydrogen-bond acceptors (Lipinski definition) is 6. The van der Waals surface area contributed by atoms with E-state index >= 15 is 0 Å². The van der Waals surface area contributed by atoms with E-state index in [9.17, 15) is 22.7 Å². The van der Waals surface area contributed by atoms with Gasteiger partial charge in [-0.1, -0.05) is 6.07 Å². The van der Waals surface area contributed by atoms with E-state index in [1.807, 2.05) is 0 Å². The van der Waals surface area contributed by atoms with E-state index in [4.69, 9.17) is 4.74 Å². The molecule has 0 saturated carbocycles. The molecule has 2 aromatic rings. The molecule has 10 heteroatoms. The van der Waals surface area contributed by atoms with Crippen LogP contribution in [-0.2, 0) is 14.8 Å². The summed E-state index contributed by atoms with van der Waals surface area (Å²) in [6.45, 7) is 1.65. The molecule has 0 aliphatic rings. The van der Waals surface area contributed by atoms with Gasteiger partial charge in [-0.25, -0.2) is 18.2 Å². The number of rotatable bonds is 8. The minimum Gasteiger partial charge on any atom is -0.504 e. The number of sulfonamides is 1. The number of halogens is 1. The lowest BCUT2D eigenvalue weighted by atomic mass is 10.2. The number of nitrogens with zero attached hydrogens (tertiary/aromatic N) is 2. The van der Waals surface area contributed by atoms with Crippen LogP contribution in [0.15, 0.2) is 52.5 Å². The number of benzene rings is 2. The van der Waals surface area contributed by atoms with Crippen molar-refractivity contribution in [1.29, 1.82) is 0 Å². The standard InChI is InChI=1S/C18H20FN3O5S/c1-3-27-16-6-4-5-13(18(16)24)11-20-21-17(23)12-22(2)28(25,26)15-9-7-14(19)8-10-15/h4-11,24H,3,12H2,1-2H3,(H,21,23)/b20-11-. The van der Waals surface area contributed by atoms with E-state index in [0.29, 0.717) is 12.2 Å². The van der Waals surface area contributed by atoms with Gasteiger partial charge in [0.25, 0.3) is 5.91 Å². The summed E-state index contributed by atoms with van der Waals surface area (Å²) in [5, 5.41) is 13.8. The van der Waals surface area contributed by atoms with E-state index < -0.39 is 28.3 Å². The summed E-state index contributed by atoms with van der Waals surface area (Å²) >= 11 is 0. The minimum absolute atomic E-state index is 0.127. The Balaban J connectivity index is 1.99. The fourth-order valence-electron chi connectivity index (χ4n) is 2.20. The number of phenolic OH excluding ortho intramolecular Hbond substituents is 1. The first-order valence-electron chi connectivity index (χ1n) is 8.24. The van der Waals surface area contributed by atoms with Crippen molar-refractivity contribution in [3.05, 3.63) is 53.8 Å². The average molecular weight is 409 g/mol. The van der Waals surface area contributed by atoms with Crippen LogP contribution in [-0.4, -0.2) is 50.2 Å². The number of ether oxygens (including phenoxy) is 1. The van der Waals surface area contributed by atoms with Gasteiger partial charge in [-0.2, -0.15) is 9.41 Å². The largest absolute Gasteiger partial charge is 0.504 e. The van der Waals surface area contributed by atoms with Crippen molar-refractivity contribution in [2.24, 2.45) is 5.10 Å². The van der Waals surface area contributed by atoms with Gasteiger partial charge in [0.15, 0.2) is 11.5 Å². The lowest BCUT2D eigenvalue weighted by Crippen LogP contribution is -2.36. The third kappa shape index (κ3) is 5.27. The molecule has 0 aliphatic carbocycles. The number of nitrogens with one attached hydrogen (secondary N) is 1. The van der Waals surface area contributed by atoms with Crippen molar-refractivity contribution in [1.82, 2.24) is 9.73 Å². The van der Waals surface area contributed by atoms with Crippen LogP contribution in [0.2, 0.25) is 0 Å². The van der Waals surface area contributed by atoms with Gasteiger partial charge < -0.3 is 9.84 Å². The molecule has 8 nitrogen and oxygen atoms in total. The van der Waals surface area contributed by atoms with Crippen molar-refractivity contribution < 1.29 is 27.4 Å². The quantitative estimate of drug-likeness (QED) is 0.510. The van der Waals surface area contributed by atoms with Crippen molar-refractivity contribution in [2.75, 3.05) is 20.2 Å². The molecule has 0 saturated heterocycles. The molecule has 1 amide bonds. The monoisotopic (exact) mass is 409 g/mol. The first-order chi connectivity index (χ1) is 13.3. The number of para-hydroxylation sites is 1. The first kappa shape index (κ1) is 21.3. The SMILES string of the molecule is CCOc1cccc(/C=N\NC(=O)CN(C)S(=O)(=O)c2ccc(F)cc2)c1O. The van der Waals surface area contributed by atoms with Crippen LogP contribution in [0.3, 0.4) is 0 Å². The lowest BCUT2D eigenvalue weighted by molar-refractivity contribution is -0.121. The van der Waals surface area contributed by atoms with Gasteiger partial charge >= 0.3 is 0 Å². The van der Waals surface area contributed by atoms with E-state index in [-0.39, 0.29) is 16.4 Å². The molecule has 0 atom stereocenters. The summed E-state index contributed by atoms with van der Waals surface area (Å²) in [6.07, 6.45) is 1.21. The summed E-state index contributed by atoms with van der Waals surface area (Å²) in [5.74, 6) is -1.10. The number of hydrogen-bond donors (Lipinski definition) is 2. The van der Waals surface area contributed by atoms with Crippen LogP contribution < -0.4 is 10.2 Å². The van der Waals surface area contributed by atoms with E-state index in [1.165, 1.54) is 13.3 Å². The fraction of sp³-hybridized carbons (Fsp3) is 0.222. The van der Waals surface area contributed by atoms with Crippen LogP contribution in [0.5, 0.6) is 11.5 Å². The second-order valence-corrected chi connectivity index (χ2v) is 7.68. The Kier molecular flexibility index (Phi) is 7.07. The molecule has 0 fully saturated rings. The van der Waals surface area contributed by atoms with Gasteiger partial charge in [0, 0.05) is 12.6 Å². The van der Waals surface area contributed by atoms with Gasteiger partial charge in [-0.3, -0.25) is 4.79 Å². The number of carbonyl (C=O) groups is 1. The smallest absolute Gasteiger partial charge is 0.255 e. The van der Waals surface area contributed by atoms with Crippen LogP contribution in [0.4, 0.5) is 4.39 Å². The Labute approximate surface area is 162 Å². The Morgan fingerprint density at radius 2 is 1.96 bits per heavy atom. The van der Waals surface area contributed by atoms with Crippen molar-refractivity contribution in [2.45, 2.75) is 11.8 Å². The zero-order valence-corrected chi connectivity index (χ0v) is 16.1. The van der Waals surface area contributed by atoms with Gasteiger partial charge in [0.1, 0.15) is 5.82 Å². The second kappa shape index (κ2) is 9.29. The maximum absolute atomic E-state index is 12.9.